The van der Waals surface area contributed by atoms with Gasteiger partial charge in [0.2, 0.25) is 22.2 Å². The van der Waals surface area contributed by atoms with E-state index in [9.17, 15) is 39.0 Å². The van der Waals surface area contributed by atoms with Gasteiger partial charge in [-0.05, 0) is 0 Å². The summed E-state index contributed by atoms with van der Waals surface area (Å²) in [5, 5.41) is 0. The highest BCUT2D eigenvalue weighted by Crippen LogP contribution is 2.25. The van der Waals surface area contributed by atoms with E-state index in [1.807, 2.05) is 0 Å². The second-order valence-corrected chi connectivity index (χ2v) is 5.89. The molecule has 19 heavy (non-hydrogen) atoms. The number of hydrogen-bond acceptors (Lipinski definition) is 6. The first-order valence-corrected chi connectivity index (χ1v) is 7.42. The van der Waals surface area contributed by atoms with Crippen molar-refractivity contribution >= 4 is 33.2 Å². The Hall–Kier alpha value is -0.0900. The largest absolute Gasteiger partial charge is 0.535 e. The molecule has 0 N–H and O–H groups in total. The molecule has 0 bridgehead atoms. The molecule has 0 aromatic carbocycles. The predicted octanol–water partition coefficient (Wildman–Crippen LogP) is 0.980. The van der Waals surface area contributed by atoms with E-state index in [2.05, 4.69) is 12.5 Å². The van der Waals surface area contributed by atoms with Crippen molar-refractivity contribution in [3.63, 3.8) is 0 Å². The highest BCUT2D eigenvalue weighted by molar-refractivity contribution is 7.99. The zero-order valence-electron chi connectivity index (χ0n) is 8.52. The summed E-state index contributed by atoms with van der Waals surface area (Å²) in [6, 6.07) is 0. The van der Waals surface area contributed by atoms with Crippen molar-refractivity contribution < 1.29 is 51.5 Å². The Morgan fingerprint density at radius 1 is 0.842 bits per heavy atom. The molecule has 0 fully saturated rings. The summed E-state index contributed by atoms with van der Waals surface area (Å²) >= 11 is -9.83. The molecular weight excluding hydrogens is 354 g/mol. The zero-order chi connectivity index (χ0) is 15.4. The third-order valence-electron chi connectivity index (χ3n) is 0.882. The van der Waals surface area contributed by atoms with Crippen LogP contribution in [0, 0.1) is 0 Å². The topological polar surface area (TPSA) is 78.9 Å². The van der Waals surface area contributed by atoms with E-state index in [-0.39, 0.29) is 0 Å². The molecule has 0 saturated heterocycles. The van der Waals surface area contributed by atoms with Gasteiger partial charge < -0.3 is 0 Å². The van der Waals surface area contributed by atoms with Crippen LogP contribution in [0.5, 0.6) is 0 Å². The molecule has 15 heteroatoms. The molecule has 3 unspecified atom stereocenters. The number of halogens is 6. The Labute approximate surface area is 109 Å². The normalized spacial score (nSPS) is 19.7. The average molecular weight is 358 g/mol. The van der Waals surface area contributed by atoms with Crippen molar-refractivity contribution in [2.45, 2.75) is 17.5 Å². The summed E-state index contributed by atoms with van der Waals surface area (Å²) in [5.41, 5.74) is 0. The van der Waals surface area contributed by atoms with Gasteiger partial charge in [0.25, 0.3) is 4.77 Å². The minimum absolute atomic E-state index is 0.683. The summed E-state index contributed by atoms with van der Waals surface area (Å²) in [7, 11) is 0. The second kappa shape index (κ2) is 7.07. The fourth-order valence-electron chi connectivity index (χ4n) is 0.504. The van der Waals surface area contributed by atoms with Crippen LogP contribution in [0.2, 0.25) is 0 Å². The summed E-state index contributed by atoms with van der Waals surface area (Å²) < 4.78 is 109. The van der Waals surface area contributed by atoms with Gasteiger partial charge in [-0.2, -0.15) is 8.37 Å². The Morgan fingerprint density at radius 3 is 1.37 bits per heavy atom. The van der Waals surface area contributed by atoms with Gasteiger partial charge in [0.1, 0.15) is 0 Å². The molecule has 0 aromatic heterocycles. The molecule has 0 aromatic rings. The van der Waals surface area contributed by atoms with E-state index in [4.69, 9.17) is 0 Å². The van der Waals surface area contributed by atoms with Gasteiger partial charge in [0, 0.05) is 6.26 Å². The maximum atomic E-state index is 11.7. The van der Waals surface area contributed by atoms with Gasteiger partial charge in [-0.1, -0.05) is 0 Å². The molecule has 0 spiro atoms. The van der Waals surface area contributed by atoms with Crippen molar-refractivity contribution in [2.75, 3.05) is 6.26 Å². The minimum Gasteiger partial charge on any atom is -0.255 e. The maximum Gasteiger partial charge on any atom is 0.535 e. The summed E-state index contributed by atoms with van der Waals surface area (Å²) in [6.45, 7) is 0. The molecule has 0 amide bonds. The number of hydrogen-bond donors (Lipinski definition) is 0. The van der Waals surface area contributed by atoms with E-state index in [0.717, 1.165) is 0 Å². The standard InChI is InChI=1S/C4H4F6O6S3/c1-17(11)14-2(18(12)15-3(5,6)7)19(13)16-4(8,9)10/h2H,1H3. The quantitative estimate of drug-likeness (QED) is 0.659. The molecule has 0 aliphatic rings. The fraction of sp³-hybridized carbons (Fsp3) is 1.00. The lowest BCUT2D eigenvalue weighted by molar-refractivity contribution is -0.271. The molecule has 116 valence electrons. The maximum absolute atomic E-state index is 11.7. The Bertz CT molecular complexity index is 350. The lowest BCUT2D eigenvalue weighted by atomic mass is 11.4. The first-order chi connectivity index (χ1) is 8.32. The third-order valence-corrected chi connectivity index (χ3v) is 4.06. The highest BCUT2D eigenvalue weighted by atomic mass is 32.3. The summed E-state index contributed by atoms with van der Waals surface area (Å²) in [4.78, 5) is 0. The lowest BCUT2D eigenvalue weighted by Gasteiger charge is -2.15. The monoisotopic (exact) mass is 358 g/mol. The Morgan fingerprint density at radius 2 is 1.16 bits per heavy atom. The number of alkyl halides is 6. The summed E-state index contributed by atoms with van der Waals surface area (Å²) in [5.74, 6) is 0. The lowest BCUT2D eigenvalue weighted by Crippen LogP contribution is -2.33. The fourth-order valence-corrected chi connectivity index (χ4v) is 3.18. The SMILES string of the molecule is CS(=O)OC(S(=O)OC(F)(F)F)S(=O)OC(F)(F)F. The van der Waals surface area contributed by atoms with Crippen LogP contribution in [0.1, 0.15) is 0 Å². The van der Waals surface area contributed by atoms with Crippen LogP contribution in [-0.2, 0) is 45.8 Å². The van der Waals surface area contributed by atoms with Gasteiger partial charge in [0.05, 0.1) is 0 Å². The van der Waals surface area contributed by atoms with Crippen LogP contribution in [-0.4, -0.2) is 36.4 Å². The van der Waals surface area contributed by atoms with Gasteiger partial charge in [-0.25, -0.2) is 12.6 Å². The smallest absolute Gasteiger partial charge is 0.255 e. The van der Waals surface area contributed by atoms with Crippen molar-refractivity contribution in [2.24, 2.45) is 0 Å². The van der Waals surface area contributed by atoms with Crippen LogP contribution in [0.15, 0.2) is 0 Å². The predicted molar refractivity (Wildman–Crippen MR) is 49.5 cm³/mol. The van der Waals surface area contributed by atoms with Crippen molar-refractivity contribution in [3.8, 4) is 0 Å². The van der Waals surface area contributed by atoms with Crippen molar-refractivity contribution in [3.05, 3.63) is 0 Å². The molecule has 0 aliphatic heterocycles. The van der Waals surface area contributed by atoms with E-state index in [1.165, 1.54) is 0 Å². The van der Waals surface area contributed by atoms with Crippen LogP contribution < -0.4 is 0 Å². The Kier molecular flexibility index (Phi) is 7.04. The van der Waals surface area contributed by atoms with Crippen molar-refractivity contribution in [1.82, 2.24) is 0 Å². The molecule has 0 rings (SSSR count). The average Bonchev–Trinajstić information content (AvgIpc) is 2.07. The van der Waals surface area contributed by atoms with Gasteiger partial charge >= 0.3 is 12.7 Å². The molecule has 0 radical (unpaired) electrons. The van der Waals surface area contributed by atoms with E-state index in [0.29, 0.717) is 6.26 Å². The van der Waals surface area contributed by atoms with Gasteiger partial charge in [-0.3, -0.25) is 4.18 Å². The van der Waals surface area contributed by atoms with Crippen LogP contribution in [0.3, 0.4) is 0 Å². The van der Waals surface area contributed by atoms with E-state index >= 15 is 0 Å². The van der Waals surface area contributed by atoms with E-state index < -0.39 is 50.7 Å². The van der Waals surface area contributed by atoms with Crippen LogP contribution in [0.25, 0.3) is 0 Å². The summed E-state index contributed by atoms with van der Waals surface area (Å²) in [6.07, 6.45) is -10.3. The highest BCUT2D eigenvalue weighted by Gasteiger charge is 2.43. The zero-order valence-corrected chi connectivity index (χ0v) is 11.0. The van der Waals surface area contributed by atoms with Crippen LogP contribution >= 0.6 is 0 Å². The number of rotatable bonds is 6. The Balaban J connectivity index is 4.95. The minimum atomic E-state index is -5.50. The molecule has 6 nitrogen and oxygen atoms in total. The molecule has 0 heterocycles. The molecular formula is C4H4F6O6S3. The van der Waals surface area contributed by atoms with Gasteiger partial charge in [0.15, 0.2) is 11.1 Å². The first kappa shape index (κ1) is 18.9. The molecule has 0 aliphatic carbocycles. The van der Waals surface area contributed by atoms with Crippen molar-refractivity contribution in [1.29, 1.82) is 0 Å². The first-order valence-electron chi connectivity index (χ1n) is 3.66. The molecule has 0 saturated carbocycles. The molecule has 3 atom stereocenters. The van der Waals surface area contributed by atoms with E-state index in [1.54, 1.807) is 0 Å². The second-order valence-electron chi connectivity index (χ2n) is 2.37. The van der Waals surface area contributed by atoms with Gasteiger partial charge in [-0.15, -0.1) is 26.3 Å². The third kappa shape index (κ3) is 9.44. The van der Waals surface area contributed by atoms with Crippen LogP contribution in [0.4, 0.5) is 26.3 Å².